The molecule has 1 saturated heterocycles. The molecule has 1 aromatic heterocycles. The van der Waals surface area contributed by atoms with Crippen LogP contribution in [-0.4, -0.2) is 54.3 Å². The Bertz CT molecular complexity index is 307. The molecule has 16 heavy (non-hydrogen) atoms. The van der Waals surface area contributed by atoms with E-state index in [1.807, 2.05) is 6.92 Å². The molecule has 1 fully saturated rings. The highest BCUT2D eigenvalue weighted by Gasteiger charge is 2.09. The van der Waals surface area contributed by atoms with Gasteiger partial charge in [-0.2, -0.15) is 0 Å². The van der Waals surface area contributed by atoms with E-state index in [9.17, 15) is 0 Å². The molecular weight excluding hydrogens is 204 g/mol. The van der Waals surface area contributed by atoms with Gasteiger partial charge < -0.3 is 15.0 Å². The van der Waals surface area contributed by atoms with Gasteiger partial charge >= 0.3 is 0 Å². The van der Waals surface area contributed by atoms with Crippen molar-refractivity contribution < 1.29 is 4.74 Å². The first-order valence-electron chi connectivity index (χ1n) is 5.86. The number of aryl methyl sites for hydroxylation is 1. The molecule has 0 aliphatic carbocycles. The molecule has 2 heterocycles. The number of nitrogens with zero attached hydrogens (tertiary/aromatic N) is 2. The van der Waals surface area contributed by atoms with Crippen LogP contribution in [0.1, 0.15) is 11.4 Å². The standard InChI is InChI=1S/C11H20N4O/c1-10-11(14-9-13-10)8-12-2-3-15-4-6-16-7-5-15/h9,12H,2-8H2,1H3,(H,13,14). The number of hydrogen-bond acceptors (Lipinski definition) is 4. The molecule has 1 aromatic rings. The normalized spacial score (nSPS) is 17.8. The molecule has 1 aliphatic heterocycles. The summed E-state index contributed by atoms with van der Waals surface area (Å²) in [6.07, 6.45) is 1.74. The van der Waals surface area contributed by atoms with E-state index >= 15 is 0 Å². The Morgan fingerprint density at radius 2 is 2.31 bits per heavy atom. The summed E-state index contributed by atoms with van der Waals surface area (Å²) in [5, 5.41) is 3.41. The Kier molecular flexibility index (Phi) is 4.33. The van der Waals surface area contributed by atoms with Crippen LogP contribution in [0.3, 0.4) is 0 Å². The summed E-state index contributed by atoms with van der Waals surface area (Å²) in [6, 6.07) is 0. The molecule has 90 valence electrons. The van der Waals surface area contributed by atoms with Gasteiger partial charge in [0.05, 0.1) is 25.2 Å². The van der Waals surface area contributed by atoms with Crippen LogP contribution in [0.2, 0.25) is 0 Å². The number of H-pyrrole nitrogens is 1. The number of aromatic nitrogens is 2. The fourth-order valence-corrected chi connectivity index (χ4v) is 1.83. The van der Waals surface area contributed by atoms with Crippen LogP contribution in [0.4, 0.5) is 0 Å². The lowest BCUT2D eigenvalue weighted by Crippen LogP contribution is -2.40. The number of imidazole rings is 1. The third-order valence-corrected chi connectivity index (χ3v) is 2.94. The van der Waals surface area contributed by atoms with E-state index in [2.05, 4.69) is 20.2 Å². The summed E-state index contributed by atoms with van der Waals surface area (Å²) in [5.41, 5.74) is 2.26. The summed E-state index contributed by atoms with van der Waals surface area (Å²) < 4.78 is 5.30. The Balaban J connectivity index is 1.59. The lowest BCUT2D eigenvalue weighted by molar-refractivity contribution is 0.0384. The maximum absolute atomic E-state index is 5.30. The molecule has 0 unspecified atom stereocenters. The van der Waals surface area contributed by atoms with Gasteiger partial charge in [0.25, 0.3) is 0 Å². The van der Waals surface area contributed by atoms with E-state index in [4.69, 9.17) is 4.74 Å². The van der Waals surface area contributed by atoms with E-state index in [0.29, 0.717) is 0 Å². The number of nitrogens with one attached hydrogen (secondary N) is 2. The van der Waals surface area contributed by atoms with Crippen LogP contribution >= 0.6 is 0 Å². The van der Waals surface area contributed by atoms with Crippen molar-refractivity contribution in [1.29, 1.82) is 0 Å². The molecule has 0 aromatic carbocycles. The van der Waals surface area contributed by atoms with Gasteiger partial charge in [-0.05, 0) is 6.92 Å². The zero-order valence-corrected chi connectivity index (χ0v) is 9.83. The smallest absolute Gasteiger partial charge is 0.0925 e. The highest BCUT2D eigenvalue weighted by Crippen LogP contribution is 1.99. The molecule has 0 saturated carbocycles. The molecule has 5 nitrogen and oxygen atoms in total. The molecule has 2 rings (SSSR count). The number of ether oxygens (including phenoxy) is 1. The second-order valence-corrected chi connectivity index (χ2v) is 4.11. The Morgan fingerprint density at radius 3 is 3.00 bits per heavy atom. The first-order valence-corrected chi connectivity index (χ1v) is 5.86. The Morgan fingerprint density at radius 1 is 1.50 bits per heavy atom. The van der Waals surface area contributed by atoms with E-state index in [1.165, 1.54) is 0 Å². The van der Waals surface area contributed by atoms with Crippen LogP contribution in [0.15, 0.2) is 6.33 Å². The number of morpholine rings is 1. The minimum Gasteiger partial charge on any atom is -0.379 e. The summed E-state index contributed by atoms with van der Waals surface area (Å²) >= 11 is 0. The van der Waals surface area contributed by atoms with Crippen molar-refractivity contribution in [3.8, 4) is 0 Å². The van der Waals surface area contributed by atoms with Gasteiger partial charge in [0, 0.05) is 38.4 Å². The minimum atomic E-state index is 0.847. The average Bonchev–Trinajstić information content (AvgIpc) is 2.72. The van der Waals surface area contributed by atoms with Crippen LogP contribution in [0.25, 0.3) is 0 Å². The van der Waals surface area contributed by atoms with Gasteiger partial charge in [0.15, 0.2) is 0 Å². The summed E-state index contributed by atoms with van der Waals surface area (Å²) in [4.78, 5) is 9.75. The van der Waals surface area contributed by atoms with Gasteiger partial charge in [-0.1, -0.05) is 0 Å². The number of aromatic amines is 1. The van der Waals surface area contributed by atoms with E-state index in [0.717, 1.165) is 57.3 Å². The van der Waals surface area contributed by atoms with Crippen molar-refractivity contribution in [1.82, 2.24) is 20.2 Å². The van der Waals surface area contributed by atoms with Crippen molar-refractivity contribution in [2.45, 2.75) is 13.5 Å². The third-order valence-electron chi connectivity index (χ3n) is 2.94. The Hall–Kier alpha value is -0.910. The van der Waals surface area contributed by atoms with E-state index < -0.39 is 0 Å². The van der Waals surface area contributed by atoms with Crippen molar-refractivity contribution in [3.05, 3.63) is 17.7 Å². The lowest BCUT2D eigenvalue weighted by atomic mass is 10.3. The SMILES string of the molecule is Cc1[nH]cnc1CNCCN1CCOCC1. The lowest BCUT2D eigenvalue weighted by Gasteiger charge is -2.26. The third kappa shape index (κ3) is 3.30. The fraction of sp³-hybridized carbons (Fsp3) is 0.727. The predicted octanol–water partition coefficient (Wildman–Crippen LogP) is 0.140. The summed E-state index contributed by atoms with van der Waals surface area (Å²) in [6.45, 7) is 8.86. The molecule has 5 heteroatoms. The molecular formula is C11H20N4O. The number of rotatable bonds is 5. The van der Waals surface area contributed by atoms with Crippen LogP contribution in [0.5, 0.6) is 0 Å². The molecule has 0 amide bonds. The zero-order chi connectivity index (χ0) is 11.2. The second kappa shape index (κ2) is 5.98. The molecule has 0 spiro atoms. The van der Waals surface area contributed by atoms with Crippen LogP contribution in [0, 0.1) is 6.92 Å². The maximum Gasteiger partial charge on any atom is 0.0925 e. The van der Waals surface area contributed by atoms with Crippen molar-refractivity contribution >= 4 is 0 Å². The topological polar surface area (TPSA) is 53.2 Å². The highest BCUT2D eigenvalue weighted by molar-refractivity contribution is 5.07. The molecule has 0 atom stereocenters. The largest absolute Gasteiger partial charge is 0.379 e. The van der Waals surface area contributed by atoms with Crippen molar-refractivity contribution in [2.75, 3.05) is 39.4 Å². The van der Waals surface area contributed by atoms with Gasteiger partial charge in [0.1, 0.15) is 0 Å². The highest BCUT2D eigenvalue weighted by atomic mass is 16.5. The molecule has 2 N–H and O–H groups in total. The van der Waals surface area contributed by atoms with Crippen molar-refractivity contribution in [3.63, 3.8) is 0 Å². The Labute approximate surface area is 96.2 Å². The maximum atomic E-state index is 5.30. The first kappa shape index (κ1) is 11.6. The second-order valence-electron chi connectivity index (χ2n) is 4.11. The summed E-state index contributed by atoms with van der Waals surface area (Å²) in [5.74, 6) is 0. The molecule has 0 bridgehead atoms. The van der Waals surface area contributed by atoms with Crippen LogP contribution in [-0.2, 0) is 11.3 Å². The molecule has 1 aliphatic rings. The van der Waals surface area contributed by atoms with Gasteiger partial charge in [0.2, 0.25) is 0 Å². The van der Waals surface area contributed by atoms with Gasteiger partial charge in [-0.25, -0.2) is 4.98 Å². The zero-order valence-electron chi connectivity index (χ0n) is 9.83. The number of hydrogen-bond donors (Lipinski definition) is 2. The van der Waals surface area contributed by atoms with Crippen LogP contribution < -0.4 is 5.32 Å². The quantitative estimate of drug-likeness (QED) is 0.699. The monoisotopic (exact) mass is 224 g/mol. The average molecular weight is 224 g/mol. The van der Waals surface area contributed by atoms with Gasteiger partial charge in [-0.15, -0.1) is 0 Å². The first-order chi connectivity index (χ1) is 7.86. The van der Waals surface area contributed by atoms with Crippen molar-refractivity contribution in [2.24, 2.45) is 0 Å². The minimum absolute atomic E-state index is 0.847. The fourth-order valence-electron chi connectivity index (χ4n) is 1.83. The molecule has 0 radical (unpaired) electrons. The summed E-state index contributed by atoms with van der Waals surface area (Å²) in [7, 11) is 0. The van der Waals surface area contributed by atoms with E-state index in [-0.39, 0.29) is 0 Å². The van der Waals surface area contributed by atoms with E-state index in [1.54, 1.807) is 6.33 Å². The predicted molar refractivity (Wildman–Crippen MR) is 62.3 cm³/mol. The van der Waals surface area contributed by atoms with Gasteiger partial charge in [-0.3, -0.25) is 4.90 Å².